The fourth-order valence-corrected chi connectivity index (χ4v) is 3.59. The maximum atomic E-state index is 12.2. The summed E-state index contributed by atoms with van der Waals surface area (Å²) in [6, 6.07) is 7.85. The van der Waals surface area contributed by atoms with Gasteiger partial charge in [0.2, 0.25) is 0 Å². The van der Waals surface area contributed by atoms with Gasteiger partial charge in [0.15, 0.2) is 0 Å². The van der Waals surface area contributed by atoms with E-state index in [1.807, 2.05) is 24.3 Å². The predicted molar refractivity (Wildman–Crippen MR) is 79.0 cm³/mol. The molecule has 0 saturated heterocycles. The first-order chi connectivity index (χ1) is 9.99. The van der Waals surface area contributed by atoms with Crippen molar-refractivity contribution in [2.75, 3.05) is 13.1 Å². The van der Waals surface area contributed by atoms with Crippen molar-refractivity contribution >= 4 is 16.2 Å². The summed E-state index contributed by atoms with van der Waals surface area (Å²) in [5.41, 5.74) is 2.24. The molecule has 1 heterocycles. The number of carbonyl (C=O) groups is 1. The van der Waals surface area contributed by atoms with Crippen molar-refractivity contribution in [1.82, 2.24) is 9.03 Å². The molecule has 1 aliphatic heterocycles. The lowest BCUT2D eigenvalue weighted by Gasteiger charge is -2.28. The molecule has 1 aromatic rings. The number of unbranched alkanes of at least 4 members (excludes halogenated alkanes) is 1. The van der Waals surface area contributed by atoms with Crippen molar-refractivity contribution in [2.24, 2.45) is 0 Å². The molecule has 0 aliphatic carbocycles. The van der Waals surface area contributed by atoms with E-state index in [1.54, 1.807) is 0 Å². The number of carboxylic acids is 1. The molecule has 0 atom stereocenters. The van der Waals surface area contributed by atoms with Crippen LogP contribution in [0.25, 0.3) is 0 Å². The molecule has 2 rings (SSSR count). The summed E-state index contributed by atoms with van der Waals surface area (Å²) >= 11 is 0. The molecule has 0 radical (unpaired) electrons. The SMILES string of the molecule is O=C(O)CCCCNS(=O)(=O)N1CCc2ccccc2C1. The van der Waals surface area contributed by atoms with Crippen molar-refractivity contribution in [1.29, 1.82) is 0 Å². The summed E-state index contributed by atoms with van der Waals surface area (Å²) in [5.74, 6) is -0.856. The van der Waals surface area contributed by atoms with E-state index in [9.17, 15) is 13.2 Å². The largest absolute Gasteiger partial charge is 0.481 e. The number of fused-ring (bicyclic) bond motifs is 1. The van der Waals surface area contributed by atoms with Crippen molar-refractivity contribution in [3.05, 3.63) is 35.4 Å². The summed E-state index contributed by atoms with van der Waals surface area (Å²) in [6.07, 6.45) is 1.78. The molecule has 0 amide bonds. The van der Waals surface area contributed by atoms with Gasteiger partial charge in [0.05, 0.1) is 0 Å². The van der Waals surface area contributed by atoms with Crippen LogP contribution in [0, 0.1) is 0 Å². The van der Waals surface area contributed by atoms with Crippen LogP contribution in [0.15, 0.2) is 24.3 Å². The Balaban J connectivity index is 1.85. The van der Waals surface area contributed by atoms with Crippen LogP contribution in [0.2, 0.25) is 0 Å². The molecule has 7 heteroatoms. The first-order valence-electron chi connectivity index (χ1n) is 7.02. The number of hydrogen-bond acceptors (Lipinski definition) is 3. The molecular weight excluding hydrogens is 292 g/mol. The normalized spacial score (nSPS) is 15.6. The highest BCUT2D eigenvalue weighted by atomic mass is 32.2. The Morgan fingerprint density at radius 3 is 2.67 bits per heavy atom. The van der Waals surface area contributed by atoms with Crippen LogP contribution in [0.5, 0.6) is 0 Å². The number of carboxylic acid groups (broad SMARTS) is 1. The third-order valence-corrected chi connectivity index (χ3v) is 5.10. The lowest BCUT2D eigenvalue weighted by molar-refractivity contribution is -0.137. The minimum Gasteiger partial charge on any atom is -0.481 e. The highest BCUT2D eigenvalue weighted by Gasteiger charge is 2.25. The molecule has 1 aliphatic rings. The zero-order valence-corrected chi connectivity index (χ0v) is 12.6. The molecule has 0 unspecified atom stereocenters. The maximum Gasteiger partial charge on any atom is 0.303 e. The zero-order valence-electron chi connectivity index (χ0n) is 11.8. The van der Waals surface area contributed by atoms with Crippen LogP contribution in [-0.2, 0) is 28.0 Å². The molecule has 0 fully saturated rings. The fraction of sp³-hybridized carbons (Fsp3) is 0.500. The van der Waals surface area contributed by atoms with Gasteiger partial charge in [-0.05, 0) is 30.4 Å². The van der Waals surface area contributed by atoms with Crippen LogP contribution < -0.4 is 4.72 Å². The summed E-state index contributed by atoms with van der Waals surface area (Å²) in [7, 11) is -3.49. The van der Waals surface area contributed by atoms with E-state index in [4.69, 9.17) is 5.11 Å². The monoisotopic (exact) mass is 312 g/mol. The van der Waals surface area contributed by atoms with Gasteiger partial charge in [-0.3, -0.25) is 4.79 Å². The third-order valence-electron chi connectivity index (χ3n) is 3.54. The van der Waals surface area contributed by atoms with Gasteiger partial charge in [-0.25, -0.2) is 4.72 Å². The van der Waals surface area contributed by atoms with Crippen LogP contribution in [-0.4, -0.2) is 36.9 Å². The summed E-state index contributed by atoms with van der Waals surface area (Å²) < 4.78 is 28.4. The van der Waals surface area contributed by atoms with E-state index in [0.29, 0.717) is 25.9 Å². The standard InChI is InChI=1S/C14H20N2O4S/c17-14(18)7-3-4-9-15-21(19,20)16-10-8-12-5-1-2-6-13(12)11-16/h1-2,5-6,15H,3-4,7-11H2,(H,17,18). The number of rotatable bonds is 7. The van der Waals surface area contributed by atoms with Gasteiger partial charge in [0, 0.05) is 26.1 Å². The Morgan fingerprint density at radius 2 is 1.95 bits per heavy atom. The number of hydrogen-bond donors (Lipinski definition) is 2. The molecule has 6 nitrogen and oxygen atoms in total. The molecular formula is C14H20N2O4S. The molecule has 0 bridgehead atoms. The second-order valence-corrected chi connectivity index (χ2v) is 6.86. The first-order valence-corrected chi connectivity index (χ1v) is 8.46. The Hall–Kier alpha value is -1.44. The van der Waals surface area contributed by atoms with Crippen molar-refractivity contribution < 1.29 is 18.3 Å². The van der Waals surface area contributed by atoms with Gasteiger partial charge in [0.1, 0.15) is 0 Å². The van der Waals surface area contributed by atoms with Crippen molar-refractivity contribution in [3.63, 3.8) is 0 Å². The second kappa shape index (κ2) is 7.02. The smallest absolute Gasteiger partial charge is 0.303 e. The number of nitrogens with one attached hydrogen (secondary N) is 1. The minimum atomic E-state index is -3.49. The Kier molecular flexibility index (Phi) is 5.33. The minimum absolute atomic E-state index is 0.0683. The maximum absolute atomic E-state index is 12.2. The molecule has 116 valence electrons. The van der Waals surface area contributed by atoms with Gasteiger partial charge in [-0.15, -0.1) is 0 Å². The zero-order chi connectivity index (χ0) is 15.3. The van der Waals surface area contributed by atoms with E-state index < -0.39 is 16.2 Å². The van der Waals surface area contributed by atoms with E-state index in [2.05, 4.69) is 4.72 Å². The van der Waals surface area contributed by atoms with Gasteiger partial charge in [0.25, 0.3) is 10.2 Å². The van der Waals surface area contributed by atoms with Gasteiger partial charge < -0.3 is 5.11 Å². The Morgan fingerprint density at radius 1 is 1.24 bits per heavy atom. The average Bonchev–Trinajstić information content (AvgIpc) is 2.46. The predicted octanol–water partition coefficient (Wildman–Crippen LogP) is 1.13. The molecule has 0 aromatic heterocycles. The summed E-state index contributed by atoms with van der Waals surface area (Å²) in [4.78, 5) is 10.4. The van der Waals surface area contributed by atoms with E-state index in [-0.39, 0.29) is 13.0 Å². The quantitative estimate of drug-likeness (QED) is 0.739. The molecule has 2 N–H and O–H groups in total. The summed E-state index contributed by atoms with van der Waals surface area (Å²) in [6.45, 7) is 1.13. The average molecular weight is 312 g/mol. The lowest BCUT2D eigenvalue weighted by atomic mass is 10.0. The third kappa shape index (κ3) is 4.52. The van der Waals surface area contributed by atoms with E-state index in [0.717, 1.165) is 12.0 Å². The summed E-state index contributed by atoms with van der Waals surface area (Å²) in [5, 5.41) is 8.52. The van der Waals surface area contributed by atoms with Gasteiger partial charge >= 0.3 is 5.97 Å². The molecule has 21 heavy (non-hydrogen) atoms. The fourth-order valence-electron chi connectivity index (χ4n) is 2.37. The van der Waals surface area contributed by atoms with Crippen molar-refractivity contribution in [2.45, 2.75) is 32.2 Å². The van der Waals surface area contributed by atoms with Crippen LogP contribution in [0.3, 0.4) is 0 Å². The van der Waals surface area contributed by atoms with Gasteiger partial charge in [-0.2, -0.15) is 12.7 Å². The number of benzene rings is 1. The van der Waals surface area contributed by atoms with E-state index in [1.165, 1.54) is 9.87 Å². The second-order valence-electron chi connectivity index (χ2n) is 5.10. The number of nitrogens with zero attached hydrogens (tertiary/aromatic N) is 1. The van der Waals surface area contributed by atoms with Crippen molar-refractivity contribution in [3.8, 4) is 0 Å². The van der Waals surface area contributed by atoms with Crippen LogP contribution >= 0.6 is 0 Å². The first kappa shape index (κ1) is 15.9. The molecule has 0 saturated carbocycles. The topological polar surface area (TPSA) is 86.7 Å². The Labute approximate surface area is 125 Å². The molecule has 1 aromatic carbocycles. The van der Waals surface area contributed by atoms with Crippen LogP contribution in [0.4, 0.5) is 0 Å². The Bertz CT molecular complexity index is 601. The van der Waals surface area contributed by atoms with Gasteiger partial charge in [-0.1, -0.05) is 24.3 Å². The molecule has 0 spiro atoms. The number of aliphatic carboxylic acids is 1. The highest BCUT2D eigenvalue weighted by molar-refractivity contribution is 7.87. The van der Waals surface area contributed by atoms with Crippen LogP contribution in [0.1, 0.15) is 30.4 Å². The highest BCUT2D eigenvalue weighted by Crippen LogP contribution is 2.20. The lowest BCUT2D eigenvalue weighted by Crippen LogP contribution is -2.43. The van der Waals surface area contributed by atoms with E-state index >= 15 is 0 Å².